The largest absolute Gasteiger partial charge is 0.405 e. The lowest BCUT2D eigenvalue weighted by Gasteiger charge is -2.43. The number of hydrogen-bond acceptors (Lipinski definition) is 3. The Kier molecular flexibility index (Phi) is 3.71. The fraction of sp³-hybridized carbons (Fsp3) is 1.00. The number of nitrogens with zero attached hydrogens (tertiary/aromatic N) is 1. The fourth-order valence-corrected chi connectivity index (χ4v) is 2.58. The van der Waals surface area contributed by atoms with Crippen molar-refractivity contribution in [3.63, 3.8) is 0 Å². The Morgan fingerprint density at radius 3 is 2.44 bits per heavy atom. The van der Waals surface area contributed by atoms with Crippen molar-refractivity contribution in [2.75, 3.05) is 32.7 Å². The highest BCUT2D eigenvalue weighted by Gasteiger charge is 2.46. The summed E-state index contributed by atoms with van der Waals surface area (Å²) in [6, 6.07) is -1.27. The molecule has 0 aromatic heterocycles. The third kappa shape index (κ3) is 2.67. The average Bonchev–Trinajstić information content (AvgIpc) is 2.29. The summed E-state index contributed by atoms with van der Waals surface area (Å²) in [5.41, 5.74) is 0. The highest BCUT2D eigenvalue weighted by molar-refractivity contribution is 4.91. The maximum atomic E-state index is 12.8. The molecule has 2 heterocycles. The van der Waals surface area contributed by atoms with E-state index in [0.29, 0.717) is 19.6 Å². The minimum atomic E-state index is -4.12. The first-order valence-electron chi connectivity index (χ1n) is 5.83. The van der Waals surface area contributed by atoms with E-state index in [1.165, 1.54) is 0 Å². The van der Waals surface area contributed by atoms with Gasteiger partial charge < -0.3 is 10.6 Å². The minimum Gasteiger partial charge on any atom is -0.315 e. The van der Waals surface area contributed by atoms with E-state index in [2.05, 4.69) is 10.6 Å². The molecule has 0 saturated carbocycles. The van der Waals surface area contributed by atoms with E-state index in [1.807, 2.05) is 0 Å². The molecular weight excluding hydrogens is 219 g/mol. The summed E-state index contributed by atoms with van der Waals surface area (Å²) in [4.78, 5) is 1.63. The molecule has 3 nitrogen and oxygen atoms in total. The van der Waals surface area contributed by atoms with Crippen molar-refractivity contribution in [1.29, 1.82) is 0 Å². The monoisotopic (exact) mass is 237 g/mol. The average molecular weight is 237 g/mol. The molecule has 0 bridgehead atoms. The van der Waals surface area contributed by atoms with Gasteiger partial charge in [0.1, 0.15) is 6.04 Å². The molecule has 94 valence electrons. The summed E-state index contributed by atoms with van der Waals surface area (Å²) < 4.78 is 38.5. The zero-order chi connectivity index (χ0) is 11.6. The Balaban J connectivity index is 2.03. The second kappa shape index (κ2) is 4.89. The van der Waals surface area contributed by atoms with Gasteiger partial charge in [-0.3, -0.25) is 4.90 Å². The highest BCUT2D eigenvalue weighted by Crippen LogP contribution is 2.28. The number of piperazine rings is 1. The molecule has 6 heteroatoms. The summed E-state index contributed by atoms with van der Waals surface area (Å²) in [5, 5.41) is 6.00. The molecule has 2 fully saturated rings. The van der Waals surface area contributed by atoms with Crippen LogP contribution in [0, 0.1) is 0 Å². The number of rotatable bonds is 1. The molecule has 0 aromatic carbocycles. The Hall–Kier alpha value is -0.330. The van der Waals surface area contributed by atoms with Gasteiger partial charge in [0.15, 0.2) is 0 Å². The van der Waals surface area contributed by atoms with Crippen LogP contribution in [-0.4, -0.2) is 55.9 Å². The molecule has 0 amide bonds. The van der Waals surface area contributed by atoms with Crippen LogP contribution in [0.5, 0.6) is 0 Å². The van der Waals surface area contributed by atoms with Crippen LogP contribution in [0.25, 0.3) is 0 Å². The van der Waals surface area contributed by atoms with E-state index in [-0.39, 0.29) is 12.6 Å². The van der Waals surface area contributed by atoms with Crippen LogP contribution in [0.4, 0.5) is 13.2 Å². The van der Waals surface area contributed by atoms with Crippen LogP contribution in [0.1, 0.15) is 12.8 Å². The molecule has 2 N–H and O–H groups in total. The van der Waals surface area contributed by atoms with Crippen LogP contribution >= 0.6 is 0 Å². The van der Waals surface area contributed by atoms with Crippen LogP contribution in [0.3, 0.4) is 0 Å². The lowest BCUT2D eigenvalue weighted by atomic mass is 10.0. The number of nitrogens with one attached hydrogen (secondary N) is 2. The molecule has 0 aliphatic carbocycles. The quantitative estimate of drug-likeness (QED) is 0.698. The maximum Gasteiger partial charge on any atom is 0.405 e. The molecule has 2 aliphatic heterocycles. The van der Waals surface area contributed by atoms with E-state index in [1.54, 1.807) is 4.90 Å². The summed E-state index contributed by atoms with van der Waals surface area (Å²) in [7, 11) is 0. The van der Waals surface area contributed by atoms with Crippen LogP contribution < -0.4 is 10.6 Å². The molecule has 2 atom stereocenters. The molecule has 0 spiro atoms. The molecule has 2 saturated heterocycles. The lowest BCUT2D eigenvalue weighted by molar-refractivity contribution is -0.194. The third-order valence-electron chi connectivity index (χ3n) is 3.40. The van der Waals surface area contributed by atoms with Crippen molar-refractivity contribution in [3.05, 3.63) is 0 Å². The first-order chi connectivity index (χ1) is 7.59. The van der Waals surface area contributed by atoms with Crippen molar-refractivity contribution < 1.29 is 13.2 Å². The van der Waals surface area contributed by atoms with Crippen molar-refractivity contribution in [2.24, 2.45) is 0 Å². The van der Waals surface area contributed by atoms with Gasteiger partial charge in [-0.25, -0.2) is 0 Å². The fourth-order valence-electron chi connectivity index (χ4n) is 2.58. The zero-order valence-electron chi connectivity index (χ0n) is 9.19. The van der Waals surface area contributed by atoms with Crippen molar-refractivity contribution in [1.82, 2.24) is 15.5 Å². The van der Waals surface area contributed by atoms with Crippen molar-refractivity contribution in [3.8, 4) is 0 Å². The number of piperidine rings is 1. The van der Waals surface area contributed by atoms with E-state index in [0.717, 1.165) is 19.4 Å². The van der Waals surface area contributed by atoms with Gasteiger partial charge in [-0.15, -0.1) is 0 Å². The first kappa shape index (κ1) is 12.1. The molecule has 2 aliphatic rings. The van der Waals surface area contributed by atoms with E-state index in [4.69, 9.17) is 0 Å². The number of alkyl halides is 3. The van der Waals surface area contributed by atoms with Gasteiger partial charge in [-0.2, -0.15) is 13.2 Å². The summed E-state index contributed by atoms with van der Waals surface area (Å²) in [6.07, 6.45) is -2.27. The van der Waals surface area contributed by atoms with E-state index < -0.39 is 12.2 Å². The molecule has 0 aromatic rings. The topological polar surface area (TPSA) is 27.3 Å². The Bertz CT molecular complexity index is 226. The normalized spacial score (nSPS) is 33.9. The third-order valence-corrected chi connectivity index (χ3v) is 3.40. The molecular formula is C10H18F3N3. The smallest absolute Gasteiger partial charge is 0.315 e. The van der Waals surface area contributed by atoms with Gasteiger partial charge in [0.25, 0.3) is 0 Å². The molecule has 0 radical (unpaired) electrons. The van der Waals surface area contributed by atoms with Gasteiger partial charge in [0, 0.05) is 32.2 Å². The summed E-state index contributed by atoms with van der Waals surface area (Å²) >= 11 is 0. The van der Waals surface area contributed by atoms with Crippen molar-refractivity contribution in [2.45, 2.75) is 31.1 Å². The predicted octanol–water partition coefficient (Wildman–Crippen LogP) is 0.574. The zero-order valence-corrected chi connectivity index (χ0v) is 9.19. The van der Waals surface area contributed by atoms with Crippen molar-refractivity contribution >= 4 is 0 Å². The predicted molar refractivity (Wildman–Crippen MR) is 55.3 cm³/mol. The standard InChI is InChI=1S/C10H18F3N3/c11-10(12,13)9-7-15-4-5-16(9)8-2-1-3-14-6-8/h8-9,14-15H,1-7H2. The Labute approximate surface area is 93.4 Å². The molecule has 16 heavy (non-hydrogen) atoms. The van der Waals surface area contributed by atoms with Crippen LogP contribution in [0.15, 0.2) is 0 Å². The van der Waals surface area contributed by atoms with Crippen LogP contribution in [0.2, 0.25) is 0 Å². The van der Waals surface area contributed by atoms with E-state index in [9.17, 15) is 13.2 Å². The second-order valence-electron chi connectivity index (χ2n) is 4.50. The second-order valence-corrected chi connectivity index (χ2v) is 4.50. The Morgan fingerprint density at radius 2 is 1.81 bits per heavy atom. The summed E-state index contributed by atoms with van der Waals surface area (Å²) in [5.74, 6) is 0. The van der Waals surface area contributed by atoms with Gasteiger partial charge in [-0.05, 0) is 19.4 Å². The van der Waals surface area contributed by atoms with Gasteiger partial charge in [0.05, 0.1) is 0 Å². The van der Waals surface area contributed by atoms with E-state index >= 15 is 0 Å². The number of halogens is 3. The molecule has 2 unspecified atom stereocenters. The first-order valence-corrected chi connectivity index (χ1v) is 5.83. The van der Waals surface area contributed by atoms with Gasteiger partial charge >= 0.3 is 6.18 Å². The van der Waals surface area contributed by atoms with Crippen LogP contribution in [-0.2, 0) is 0 Å². The number of hydrogen-bond donors (Lipinski definition) is 2. The highest BCUT2D eigenvalue weighted by atomic mass is 19.4. The minimum absolute atomic E-state index is 0.0278. The maximum absolute atomic E-state index is 12.8. The summed E-state index contributed by atoms with van der Waals surface area (Å²) in [6.45, 7) is 2.80. The Morgan fingerprint density at radius 1 is 1.06 bits per heavy atom. The van der Waals surface area contributed by atoms with Gasteiger partial charge in [-0.1, -0.05) is 0 Å². The molecule has 2 rings (SSSR count). The van der Waals surface area contributed by atoms with Gasteiger partial charge in [0.2, 0.25) is 0 Å². The SMILES string of the molecule is FC(F)(F)C1CNCCN1C1CCCNC1. The lowest BCUT2D eigenvalue weighted by Crippen LogP contribution is -2.63.